The van der Waals surface area contributed by atoms with Crippen LogP contribution in [0.4, 0.5) is 5.82 Å². The molecular formula is C13H18N4O3. The third-order valence-corrected chi connectivity index (χ3v) is 2.90. The number of hydrogen-bond acceptors (Lipinski definition) is 6. The lowest BCUT2D eigenvalue weighted by atomic mass is 10.0. The summed E-state index contributed by atoms with van der Waals surface area (Å²) in [5.74, 6) is -0.888. The summed E-state index contributed by atoms with van der Waals surface area (Å²) in [5, 5.41) is 29.1. The number of ether oxygens (including phenoxy) is 1. The molecule has 0 saturated heterocycles. The molecule has 0 bridgehead atoms. The Hall–Kier alpha value is -2.20. The Morgan fingerprint density at radius 3 is 2.60 bits per heavy atom. The summed E-state index contributed by atoms with van der Waals surface area (Å²) in [4.78, 5) is 11.1. The van der Waals surface area contributed by atoms with Gasteiger partial charge in [-0.25, -0.2) is 4.79 Å². The van der Waals surface area contributed by atoms with Gasteiger partial charge in [0.15, 0.2) is 5.82 Å². The van der Waals surface area contributed by atoms with E-state index in [4.69, 9.17) is 9.84 Å². The fourth-order valence-corrected chi connectivity index (χ4v) is 1.90. The molecule has 0 spiro atoms. The Morgan fingerprint density at radius 2 is 2.15 bits per heavy atom. The standard InChI is InChI=1S/C13H18N4O3/c1-4-8-9(6-14)12(17-16-10(8)5-2)15-11(7-20-3)13(18)19/h11H,4-5,7H2,1-3H3,(H,15,17)(H,18,19). The molecule has 0 saturated carbocycles. The second-order valence-corrected chi connectivity index (χ2v) is 4.16. The van der Waals surface area contributed by atoms with Crippen LogP contribution in [0.1, 0.15) is 30.7 Å². The zero-order valence-corrected chi connectivity index (χ0v) is 11.8. The van der Waals surface area contributed by atoms with Crippen LogP contribution in [0.5, 0.6) is 0 Å². The first kappa shape index (κ1) is 15.9. The molecule has 0 aliphatic heterocycles. The van der Waals surface area contributed by atoms with E-state index in [0.717, 1.165) is 11.3 Å². The molecule has 1 rings (SSSR count). The van der Waals surface area contributed by atoms with E-state index >= 15 is 0 Å². The molecule has 0 amide bonds. The largest absolute Gasteiger partial charge is 0.480 e. The number of rotatable bonds is 7. The van der Waals surface area contributed by atoms with Crippen LogP contribution in [0.2, 0.25) is 0 Å². The zero-order chi connectivity index (χ0) is 15.1. The summed E-state index contributed by atoms with van der Waals surface area (Å²) in [6, 6.07) is 1.10. The maximum atomic E-state index is 11.1. The first-order valence-corrected chi connectivity index (χ1v) is 6.35. The van der Waals surface area contributed by atoms with Gasteiger partial charge in [-0.1, -0.05) is 13.8 Å². The molecule has 108 valence electrons. The summed E-state index contributed by atoms with van der Waals surface area (Å²) in [5.41, 5.74) is 1.91. The molecule has 0 fully saturated rings. The number of carboxylic acid groups (broad SMARTS) is 1. The third kappa shape index (κ3) is 3.42. The number of nitrogens with one attached hydrogen (secondary N) is 1. The van der Waals surface area contributed by atoms with Crippen LogP contribution < -0.4 is 5.32 Å². The molecule has 0 aliphatic rings. The predicted octanol–water partition coefficient (Wildman–Crippen LogP) is 0.985. The van der Waals surface area contributed by atoms with Crippen molar-refractivity contribution in [1.82, 2.24) is 10.2 Å². The van der Waals surface area contributed by atoms with Crippen molar-refractivity contribution in [2.45, 2.75) is 32.7 Å². The van der Waals surface area contributed by atoms with Crippen molar-refractivity contribution in [3.05, 3.63) is 16.8 Å². The number of nitrogens with zero attached hydrogens (tertiary/aromatic N) is 3. The summed E-state index contributed by atoms with van der Waals surface area (Å²) in [7, 11) is 1.41. The zero-order valence-electron chi connectivity index (χ0n) is 11.8. The summed E-state index contributed by atoms with van der Waals surface area (Å²) in [6.07, 6.45) is 1.31. The van der Waals surface area contributed by atoms with Gasteiger partial charge in [-0.05, 0) is 18.4 Å². The van der Waals surface area contributed by atoms with Gasteiger partial charge in [0.05, 0.1) is 12.3 Å². The minimum atomic E-state index is -1.07. The second kappa shape index (κ2) is 7.40. The number of methoxy groups -OCH3 is 1. The van der Waals surface area contributed by atoms with Gasteiger partial charge < -0.3 is 15.2 Å². The van der Waals surface area contributed by atoms with E-state index in [2.05, 4.69) is 21.6 Å². The molecule has 20 heavy (non-hydrogen) atoms. The fraction of sp³-hybridized carbons (Fsp3) is 0.538. The normalized spacial score (nSPS) is 11.7. The van der Waals surface area contributed by atoms with Gasteiger partial charge in [-0.3, -0.25) is 0 Å². The SMILES string of the molecule is CCc1nnc(NC(COC)C(=O)O)c(C#N)c1CC. The van der Waals surface area contributed by atoms with Crippen LogP contribution in [0.3, 0.4) is 0 Å². The number of carbonyl (C=O) groups is 1. The van der Waals surface area contributed by atoms with Crippen molar-refractivity contribution < 1.29 is 14.6 Å². The highest BCUT2D eigenvalue weighted by Crippen LogP contribution is 2.20. The average Bonchev–Trinajstić information content (AvgIpc) is 2.45. The minimum absolute atomic E-state index is 0.0289. The summed E-state index contributed by atoms with van der Waals surface area (Å²) >= 11 is 0. The molecule has 1 aromatic rings. The molecule has 1 aromatic heterocycles. The number of aryl methyl sites for hydroxylation is 1. The monoisotopic (exact) mass is 278 g/mol. The van der Waals surface area contributed by atoms with Gasteiger partial charge >= 0.3 is 5.97 Å². The average molecular weight is 278 g/mol. The maximum absolute atomic E-state index is 11.1. The van der Waals surface area contributed by atoms with Crippen LogP contribution in [-0.2, 0) is 22.4 Å². The molecule has 7 nitrogen and oxygen atoms in total. The Labute approximate surface area is 117 Å². The van der Waals surface area contributed by atoms with Gasteiger partial charge in [0, 0.05) is 7.11 Å². The van der Waals surface area contributed by atoms with Crippen molar-refractivity contribution in [1.29, 1.82) is 5.26 Å². The smallest absolute Gasteiger partial charge is 0.328 e. The lowest BCUT2D eigenvalue weighted by Crippen LogP contribution is -2.34. The highest BCUT2D eigenvalue weighted by atomic mass is 16.5. The second-order valence-electron chi connectivity index (χ2n) is 4.16. The Kier molecular flexibility index (Phi) is 5.87. The number of hydrogen-bond donors (Lipinski definition) is 2. The third-order valence-electron chi connectivity index (χ3n) is 2.90. The lowest BCUT2D eigenvalue weighted by Gasteiger charge is -2.16. The van der Waals surface area contributed by atoms with E-state index in [9.17, 15) is 10.1 Å². The van der Waals surface area contributed by atoms with Crippen molar-refractivity contribution >= 4 is 11.8 Å². The van der Waals surface area contributed by atoms with E-state index in [0.29, 0.717) is 18.4 Å². The Morgan fingerprint density at radius 1 is 1.45 bits per heavy atom. The van der Waals surface area contributed by atoms with Gasteiger partial charge in [-0.15, -0.1) is 5.10 Å². The van der Waals surface area contributed by atoms with E-state index in [-0.39, 0.29) is 12.4 Å². The maximum Gasteiger partial charge on any atom is 0.328 e. The van der Waals surface area contributed by atoms with Crippen LogP contribution >= 0.6 is 0 Å². The molecule has 0 radical (unpaired) electrons. The number of carboxylic acids is 1. The van der Waals surface area contributed by atoms with Crippen molar-refractivity contribution in [3.63, 3.8) is 0 Å². The van der Waals surface area contributed by atoms with Gasteiger partial charge in [0.25, 0.3) is 0 Å². The predicted molar refractivity (Wildman–Crippen MR) is 72.4 cm³/mol. The highest BCUT2D eigenvalue weighted by molar-refractivity contribution is 5.78. The van der Waals surface area contributed by atoms with E-state index in [1.165, 1.54) is 7.11 Å². The van der Waals surface area contributed by atoms with Crippen LogP contribution in [0, 0.1) is 11.3 Å². The van der Waals surface area contributed by atoms with Crippen molar-refractivity contribution in [2.24, 2.45) is 0 Å². The molecule has 2 N–H and O–H groups in total. The molecule has 7 heteroatoms. The van der Waals surface area contributed by atoms with Crippen LogP contribution in [0.25, 0.3) is 0 Å². The molecule has 0 aliphatic carbocycles. The number of aliphatic carboxylic acids is 1. The number of anilines is 1. The van der Waals surface area contributed by atoms with Crippen molar-refractivity contribution in [2.75, 3.05) is 19.0 Å². The quantitative estimate of drug-likeness (QED) is 0.765. The highest BCUT2D eigenvalue weighted by Gasteiger charge is 2.21. The van der Waals surface area contributed by atoms with Gasteiger partial charge in [-0.2, -0.15) is 10.4 Å². The fourth-order valence-electron chi connectivity index (χ4n) is 1.90. The topological polar surface area (TPSA) is 108 Å². The molecule has 1 heterocycles. The molecule has 1 unspecified atom stereocenters. The number of aromatic nitrogens is 2. The molecular weight excluding hydrogens is 260 g/mol. The Balaban J connectivity index is 3.18. The first-order valence-electron chi connectivity index (χ1n) is 6.35. The van der Waals surface area contributed by atoms with Crippen LogP contribution in [0.15, 0.2) is 0 Å². The van der Waals surface area contributed by atoms with E-state index in [1.807, 2.05) is 13.8 Å². The lowest BCUT2D eigenvalue weighted by molar-refractivity contribution is -0.139. The summed E-state index contributed by atoms with van der Waals surface area (Å²) < 4.78 is 4.84. The van der Waals surface area contributed by atoms with Gasteiger partial charge in [0.2, 0.25) is 0 Å². The first-order chi connectivity index (χ1) is 9.58. The summed E-state index contributed by atoms with van der Waals surface area (Å²) in [6.45, 7) is 3.83. The van der Waals surface area contributed by atoms with Gasteiger partial charge in [0.1, 0.15) is 17.7 Å². The van der Waals surface area contributed by atoms with E-state index in [1.54, 1.807) is 0 Å². The number of nitriles is 1. The van der Waals surface area contributed by atoms with Crippen LogP contribution in [-0.4, -0.2) is 41.0 Å². The molecule has 1 atom stereocenters. The Bertz CT molecular complexity index is 525. The van der Waals surface area contributed by atoms with Crippen molar-refractivity contribution in [3.8, 4) is 6.07 Å². The van der Waals surface area contributed by atoms with E-state index < -0.39 is 12.0 Å². The minimum Gasteiger partial charge on any atom is -0.480 e. The molecule has 0 aromatic carbocycles.